The normalized spacial score (nSPS) is 48.3. The van der Waals surface area contributed by atoms with Crippen LogP contribution < -0.4 is 0 Å². The molecule has 90 valence electrons. The Bertz CT molecular complexity index is 278. The average molecular weight is 218 g/mol. The lowest BCUT2D eigenvalue weighted by atomic mass is 9.67. The summed E-state index contributed by atoms with van der Waals surface area (Å²) in [5.74, 6) is 4.94. The lowest BCUT2D eigenvalue weighted by molar-refractivity contribution is 0.171. The molecule has 0 amide bonds. The Kier molecular flexibility index (Phi) is 2.85. The first-order valence-corrected chi connectivity index (χ1v) is 7.41. The second-order valence-electron chi connectivity index (χ2n) is 6.82. The molecule has 3 saturated carbocycles. The molecule has 3 rings (SSSR count). The summed E-state index contributed by atoms with van der Waals surface area (Å²) in [6.45, 7) is 6.93. The summed E-state index contributed by atoms with van der Waals surface area (Å²) in [7, 11) is 0. The zero-order valence-electron chi connectivity index (χ0n) is 10.8. The molecule has 0 spiro atoms. The van der Waals surface area contributed by atoms with Crippen molar-refractivity contribution in [1.82, 2.24) is 0 Å². The predicted octanol–water partition coefficient (Wildman–Crippen LogP) is 4.81. The second kappa shape index (κ2) is 4.20. The fourth-order valence-electron chi connectivity index (χ4n) is 4.88. The van der Waals surface area contributed by atoms with Gasteiger partial charge in [0.05, 0.1) is 0 Å². The smallest absolute Gasteiger partial charge is 0.0175 e. The molecule has 3 aliphatic carbocycles. The Labute approximate surface area is 101 Å². The summed E-state index contributed by atoms with van der Waals surface area (Å²) in [6.07, 6.45) is 11.8. The monoisotopic (exact) mass is 218 g/mol. The van der Waals surface area contributed by atoms with E-state index in [1.54, 1.807) is 5.57 Å². The van der Waals surface area contributed by atoms with E-state index in [9.17, 15) is 0 Å². The van der Waals surface area contributed by atoms with E-state index >= 15 is 0 Å². The van der Waals surface area contributed by atoms with Crippen molar-refractivity contribution in [2.24, 2.45) is 29.6 Å². The number of hydrogen-bond donors (Lipinski definition) is 0. The summed E-state index contributed by atoms with van der Waals surface area (Å²) in [6, 6.07) is 0. The molecular weight excluding hydrogens is 192 g/mol. The summed E-state index contributed by atoms with van der Waals surface area (Å²) in [5.41, 5.74) is 1.62. The molecule has 0 aromatic carbocycles. The molecule has 0 N–H and O–H groups in total. The predicted molar refractivity (Wildman–Crippen MR) is 69.2 cm³/mol. The highest BCUT2D eigenvalue weighted by Crippen LogP contribution is 2.50. The van der Waals surface area contributed by atoms with Crippen LogP contribution in [-0.2, 0) is 0 Å². The van der Waals surface area contributed by atoms with Gasteiger partial charge in [0.25, 0.3) is 0 Å². The van der Waals surface area contributed by atoms with E-state index < -0.39 is 0 Å². The molecule has 0 aromatic rings. The van der Waals surface area contributed by atoms with Crippen molar-refractivity contribution in [2.75, 3.05) is 0 Å². The standard InChI is InChI=1S/C16H26/c1-11-6-7-15-12(2)8-13-4-3-5-14(9-13)10-16(11)15/h11,13-16H,2-10H2,1H3. The van der Waals surface area contributed by atoms with Gasteiger partial charge in [-0.05, 0) is 61.7 Å². The van der Waals surface area contributed by atoms with Crippen molar-refractivity contribution in [2.45, 2.75) is 58.3 Å². The third-order valence-electron chi connectivity index (χ3n) is 5.75. The summed E-state index contributed by atoms with van der Waals surface area (Å²) >= 11 is 0. The average Bonchev–Trinajstić information content (AvgIpc) is 2.60. The number of fused-ring (bicyclic) bond motifs is 3. The Morgan fingerprint density at radius 1 is 1.00 bits per heavy atom. The van der Waals surface area contributed by atoms with E-state index in [0.29, 0.717) is 0 Å². The third-order valence-corrected chi connectivity index (χ3v) is 5.75. The SMILES string of the molecule is C=C1CC2CCCC(C2)CC2C(C)CCC12. The first-order chi connectivity index (χ1) is 7.74. The molecule has 3 fully saturated rings. The maximum Gasteiger partial charge on any atom is -0.0175 e. The van der Waals surface area contributed by atoms with Crippen LogP contribution in [0.15, 0.2) is 12.2 Å². The van der Waals surface area contributed by atoms with Gasteiger partial charge in [0.15, 0.2) is 0 Å². The van der Waals surface area contributed by atoms with Crippen LogP contribution in [0.25, 0.3) is 0 Å². The molecule has 3 aliphatic rings. The van der Waals surface area contributed by atoms with E-state index in [-0.39, 0.29) is 0 Å². The van der Waals surface area contributed by atoms with Gasteiger partial charge in [0.1, 0.15) is 0 Å². The van der Waals surface area contributed by atoms with Crippen LogP contribution in [-0.4, -0.2) is 0 Å². The minimum atomic E-state index is 0.901. The molecule has 5 atom stereocenters. The van der Waals surface area contributed by atoms with Crippen LogP contribution in [0.3, 0.4) is 0 Å². The van der Waals surface area contributed by atoms with E-state index in [2.05, 4.69) is 13.5 Å². The lowest BCUT2D eigenvalue weighted by Gasteiger charge is -2.38. The van der Waals surface area contributed by atoms with Crippen LogP contribution >= 0.6 is 0 Å². The highest BCUT2D eigenvalue weighted by atomic mass is 14.4. The molecule has 0 nitrogen and oxygen atoms in total. The van der Waals surface area contributed by atoms with E-state index in [0.717, 1.165) is 29.6 Å². The Morgan fingerprint density at radius 2 is 1.81 bits per heavy atom. The van der Waals surface area contributed by atoms with Crippen LogP contribution in [0.4, 0.5) is 0 Å². The molecule has 0 aromatic heterocycles. The molecular formula is C16H26. The van der Waals surface area contributed by atoms with Gasteiger partial charge < -0.3 is 0 Å². The summed E-state index contributed by atoms with van der Waals surface area (Å²) < 4.78 is 0. The summed E-state index contributed by atoms with van der Waals surface area (Å²) in [4.78, 5) is 0. The maximum atomic E-state index is 4.44. The molecule has 5 unspecified atom stereocenters. The van der Waals surface area contributed by atoms with Crippen molar-refractivity contribution < 1.29 is 0 Å². The third kappa shape index (κ3) is 1.85. The van der Waals surface area contributed by atoms with Gasteiger partial charge >= 0.3 is 0 Å². The van der Waals surface area contributed by atoms with Gasteiger partial charge in [-0.15, -0.1) is 0 Å². The highest BCUT2D eigenvalue weighted by Gasteiger charge is 2.39. The van der Waals surface area contributed by atoms with Crippen LogP contribution in [0.2, 0.25) is 0 Å². The fourth-order valence-corrected chi connectivity index (χ4v) is 4.88. The van der Waals surface area contributed by atoms with E-state index in [4.69, 9.17) is 0 Å². The number of allylic oxidation sites excluding steroid dienone is 1. The van der Waals surface area contributed by atoms with Gasteiger partial charge in [-0.3, -0.25) is 0 Å². The second-order valence-corrected chi connectivity index (χ2v) is 6.82. The minimum absolute atomic E-state index is 0.901. The van der Waals surface area contributed by atoms with Crippen molar-refractivity contribution in [3.8, 4) is 0 Å². The Hall–Kier alpha value is -0.260. The minimum Gasteiger partial charge on any atom is -0.0996 e. The Morgan fingerprint density at radius 3 is 2.69 bits per heavy atom. The topological polar surface area (TPSA) is 0 Å². The molecule has 0 heterocycles. The van der Waals surface area contributed by atoms with Gasteiger partial charge in [0.2, 0.25) is 0 Å². The fraction of sp³-hybridized carbons (Fsp3) is 0.875. The van der Waals surface area contributed by atoms with Crippen molar-refractivity contribution in [3.63, 3.8) is 0 Å². The molecule has 0 radical (unpaired) electrons. The quantitative estimate of drug-likeness (QED) is 0.512. The van der Waals surface area contributed by atoms with Gasteiger partial charge in [-0.25, -0.2) is 0 Å². The van der Waals surface area contributed by atoms with E-state index in [1.807, 2.05) is 0 Å². The van der Waals surface area contributed by atoms with Crippen molar-refractivity contribution >= 4 is 0 Å². The first kappa shape index (κ1) is 10.9. The molecule has 0 aliphatic heterocycles. The highest BCUT2D eigenvalue weighted by molar-refractivity contribution is 5.09. The zero-order valence-corrected chi connectivity index (χ0v) is 10.8. The lowest BCUT2D eigenvalue weighted by Crippen LogP contribution is -2.27. The van der Waals surface area contributed by atoms with E-state index in [1.165, 1.54) is 51.4 Å². The van der Waals surface area contributed by atoms with Crippen LogP contribution in [0.5, 0.6) is 0 Å². The molecule has 0 heteroatoms. The van der Waals surface area contributed by atoms with Crippen molar-refractivity contribution in [1.29, 1.82) is 0 Å². The first-order valence-electron chi connectivity index (χ1n) is 7.41. The van der Waals surface area contributed by atoms with Gasteiger partial charge in [-0.1, -0.05) is 38.3 Å². The van der Waals surface area contributed by atoms with Crippen molar-refractivity contribution in [3.05, 3.63) is 12.2 Å². The zero-order chi connectivity index (χ0) is 11.1. The molecule has 2 bridgehead atoms. The molecule has 16 heavy (non-hydrogen) atoms. The van der Waals surface area contributed by atoms with Crippen LogP contribution in [0, 0.1) is 29.6 Å². The largest absolute Gasteiger partial charge is 0.0996 e. The number of rotatable bonds is 0. The van der Waals surface area contributed by atoms with Gasteiger partial charge in [0, 0.05) is 0 Å². The van der Waals surface area contributed by atoms with Gasteiger partial charge in [-0.2, -0.15) is 0 Å². The molecule has 0 saturated heterocycles. The maximum absolute atomic E-state index is 4.44. The van der Waals surface area contributed by atoms with Crippen LogP contribution in [0.1, 0.15) is 58.3 Å². The summed E-state index contributed by atoms with van der Waals surface area (Å²) in [5, 5.41) is 0. The number of hydrogen-bond acceptors (Lipinski definition) is 0. The Balaban J connectivity index is 1.81.